The van der Waals surface area contributed by atoms with Gasteiger partial charge in [0.05, 0.1) is 11.4 Å². The Kier molecular flexibility index (Phi) is 2.85. The minimum absolute atomic E-state index is 0.947. The van der Waals surface area contributed by atoms with E-state index < -0.39 is 0 Å². The second-order valence-corrected chi connectivity index (χ2v) is 5.54. The standard InChI is InChI=1S/C17H19N3/c1-10-6-7-15(9-11(10)2)20-17-16(14(5)19-20)12(3)8-13(4)18-17/h6-9H,1-5H3. The summed E-state index contributed by atoms with van der Waals surface area (Å²) in [6, 6.07) is 8.52. The van der Waals surface area contributed by atoms with Crippen molar-refractivity contribution in [2.75, 3.05) is 0 Å². The molecule has 3 heteroatoms. The van der Waals surface area contributed by atoms with Crippen LogP contribution in [0.5, 0.6) is 0 Å². The minimum atomic E-state index is 0.947. The van der Waals surface area contributed by atoms with E-state index in [9.17, 15) is 0 Å². The third kappa shape index (κ3) is 1.90. The van der Waals surface area contributed by atoms with Crippen molar-refractivity contribution in [3.05, 3.63) is 52.3 Å². The lowest BCUT2D eigenvalue weighted by Crippen LogP contribution is -2.00. The lowest BCUT2D eigenvalue weighted by atomic mass is 10.1. The number of fused-ring (bicyclic) bond motifs is 1. The van der Waals surface area contributed by atoms with Crippen LogP contribution in [0.3, 0.4) is 0 Å². The summed E-state index contributed by atoms with van der Waals surface area (Å²) in [7, 11) is 0. The number of pyridine rings is 1. The molecular formula is C17H19N3. The molecule has 0 radical (unpaired) electrons. The summed E-state index contributed by atoms with van der Waals surface area (Å²) in [5.74, 6) is 0. The maximum absolute atomic E-state index is 4.69. The zero-order valence-electron chi connectivity index (χ0n) is 12.7. The average molecular weight is 265 g/mol. The van der Waals surface area contributed by atoms with E-state index in [0.717, 1.165) is 28.1 Å². The Morgan fingerprint density at radius 3 is 2.30 bits per heavy atom. The third-order valence-corrected chi connectivity index (χ3v) is 3.87. The Bertz CT molecular complexity index is 813. The molecule has 0 spiro atoms. The largest absolute Gasteiger partial charge is 0.233 e. The number of hydrogen-bond donors (Lipinski definition) is 0. The van der Waals surface area contributed by atoms with Gasteiger partial charge in [-0.1, -0.05) is 6.07 Å². The van der Waals surface area contributed by atoms with Crippen molar-refractivity contribution < 1.29 is 0 Å². The molecule has 0 unspecified atom stereocenters. The fraction of sp³-hybridized carbons (Fsp3) is 0.294. The normalized spacial score (nSPS) is 11.2. The summed E-state index contributed by atoms with van der Waals surface area (Å²) >= 11 is 0. The molecule has 3 nitrogen and oxygen atoms in total. The highest BCUT2D eigenvalue weighted by molar-refractivity contribution is 5.83. The predicted molar refractivity (Wildman–Crippen MR) is 82.6 cm³/mol. The molecule has 3 rings (SSSR count). The van der Waals surface area contributed by atoms with Crippen molar-refractivity contribution in [3.63, 3.8) is 0 Å². The molecule has 0 amide bonds. The summed E-state index contributed by atoms with van der Waals surface area (Å²) in [5.41, 5.74) is 7.88. The number of benzene rings is 1. The van der Waals surface area contributed by atoms with Crippen LogP contribution in [-0.4, -0.2) is 14.8 Å². The van der Waals surface area contributed by atoms with Crippen LogP contribution in [0.1, 0.15) is 28.1 Å². The van der Waals surface area contributed by atoms with Crippen molar-refractivity contribution in [1.29, 1.82) is 0 Å². The molecule has 1 aromatic carbocycles. The highest BCUT2D eigenvalue weighted by Gasteiger charge is 2.13. The Morgan fingerprint density at radius 1 is 0.850 bits per heavy atom. The van der Waals surface area contributed by atoms with Crippen molar-refractivity contribution >= 4 is 11.0 Å². The summed E-state index contributed by atoms with van der Waals surface area (Å²) < 4.78 is 1.96. The van der Waals surface area contributed by atoms with Gasteiger partial charge < -0.3 is 0 Å². The molecule has 0 atom stereocenters. The molecule has 0 saturated heterocycles. The quantitative estimate of drug-likeness (QED) is 0.666. The van der Waals surface area contributed by atoms with Gasteiger partial charge in [0.25, 0.3) is 0 Å². The first kappa shape index (κ1) is 12.9. The first-order valence-corrected chi connectivity index (χ1v) is 6.88. The van der Waals surface area contributed by atoms with Crippen LogP contribution < -0.4 is 0 Å². The van der Waals surface area contributed by atoms with Crippen LogP contribution in [0.25, 0.3) is 16.7 Å². The van der Waals surface area contributed by atoms with Crippen LogP contribution >= 0.6 is 0 Å². The highest BCUT2D eigenvalue weighted by Crippen LogP contribution is 2.24. The predicted octanol–water partition coefficient (Wildman–Crippen LogP) is 3.96. The van der Waals surface area contributed by atoms with E-state index in [1.54, 1.807) is 0 Å². The second-order valence-electron chi connectivity index (χ2n) is 5.54. The van der Waals surface area contributed by atoms with E-state index in [1.165, 1.54) is 16.7 Å². The smallest absolute Gasteiger partial charge is 0.163 e. The van der Waals surface area contributed by atoms with E-state index in [-0.39, 0.29) is 0 Å². The Morgan fingerprint density at radius 2 is 1.60 bits per heavy atom. The molecular weight excluding hydrogens is 246 g/mol. The number of hydrogen-bond acceptors (Lipinski definition) is 2. The first-order chi connectivity index (χ1) is 9.47. The summed E-state index contributed by atoms with van der Waals surface area (Å²) in [4.78, 5) is 4.69. The van der Waals surface area contributed by atoms with Crippen molar-refractivity contribution in [2.45, 2.75) is 34.6 Å². The van der Waals surface area contributed by atoms with Gasteiger partial charge >= 0.3 is 0 Å². The van der Waals surface area contributed by atoms with E-state index in [0.29, 0.717) is 0 Å². The number of rotatable bonds is 1. The number of aromatic nitrogens is 3. The fourth-order valence-corrected chi connectivity index (χ4v) is 2.70. The topological polar surface area (TPSA) is 30.7 Å². The molecule has 102 valence electrons. The molecule has 0 aliphatic carbocycles. The van der Waals surface area contributed by atoms with Gasteiger partial charge in [0.2, 0.25) is 0 Å². The molecule has 0 saturated carbocycles. The maximum Gasteiger partial charge on any atom is 0.163 e. The molecule has 0 fully saturated rings. The van der Waals surface area contributed by atoms with E-state index in [1.807, 2.05) is 18.5 Å². The van der Waals surface area contributed by atoms with Gasteiger partial charge in [-0.05, 0) is 69.5 Å². The molecule has 0 N–H and O–H groups in total. The monoisotopic (exact) mass is 265 g/mol. The van der Waals surface area contributed by atoms with Gasteiger partial charge in [-0.25, -0.2) is 9.67 Å². The first-order valence-electron chi connectivity index (χ1n) is 6.88. The molecule has 3 aromatic rings. The number of aryl methyl sites for hydroxylation is 5. The summed E-state index contributed by atoms with van der Waals surface area (Å²) in [5, 5.41) is 5.85. The van der Waals surface area contributed by atoms with Gasteiger partial charge in [0.15, 0.2) is 5.65 Å². The Hall–Kier alpha value is -2.16. The van der Waals surface area contributed by atoms with Crippen LogP contribution in [0.15, 0.2) is 24.3 Å². The van der Waals surface area contributed by atoms with Gasteiger partial charge in [-0.3, -0.25) is 0 Å². The van der Waals surface area contributed by atoms with Crippen molar-refractivity contribution in [1.82, 2.24) is 14.8 Å². The molecule has 2 aromatic heterocycles. The fourth-order valence-electron chi connectivity index (χ4n) is 2.70. The SMILES string of the molecule is Cc1cc(C)c2c(C)nn(-c3ccc(C)c(C)c3)c2n1. The highest BCUT2D eigenvalue weighted by atomic mass is 15.3. The van der Waals surface area contributed by atoms with E-state index in [2.05, 4.69) is 55.1 Å². The Labute approximate surface area is 119 Å². The number of nitrogens with zero attached hydrogens (tertiary/aromatic N) is 3. The zero-order chi connectivity index (χ0) is 14.4. The molecule has 0 aliphatic rings. The van der Waals surface area contributed by atoms with Crippen LogP contribution in [0.2, 0.25) is 0 Å². The van der Waals surface area contributed by atoms with E-state index in [4.69, 9.17) is 0 Å². The zero-order valence-corrected chi connectivity index (χ0v) is 12.7. The lowest BCUT2D eigenvalue weighted by Gasteiger charge is -2.07. The van der Waals surface area contributed by atoms with Crippen molar-refractivity contribution in [3.8, 4) is 5.69 Å². The van der Waals surface area contributed by atoms with Crippen LogP contribution in [0.4, 0.5) is 0 Å². The van der Waals surface area contributed by atoms with E-state index >= 15 is 0 Å². The molecule has 0 bridgehead atoms. The van der Waals surface area contributed by atoms with Gasteiger partial charge in [-0.2, -0.15) is 5.10 Å². The van der Waals surface area contributed by atoms with Crippen LogP contribution in [-0.2, 0) is 0 Å². The summed E-state index contributed by atoms with van der Waals surface area (Å²) in [6.07, 6.45) is 0. The molecule has 20 heavy (non-hydrogen) atoms. The van der Waals surface area contributed by atoms with Crippen molar-refractivity contribution in [2.24, 2.45) is 0 Å². The average Bonchev–Trinajstić information content (AvgIpc) is 2.70. The Balaban J connectivity index is 2.34. The van der Waals surface area contributed by atoms with Gasteiger partial charge in [0.1, 0.15) is 0 Å². The van der Waals surface area contributed by atoms with Gasteiger partial charge in [0, 0.05) is 11.1 Å². The lowest BCUT2D eigenvalue weighted by molar-refractivity contribution is 0.873. The van der Waals surface area contributed by atoms with Gasteiger partial charge in [-0.15, -0.1) is 0 Å². The molecule has 2 heterocycles. The van der Waals surface area contributed by atoms with Crippen LogP contribution in [0, 0.1) is 34.6 Å². The maximum atomic E-state index is 4.69. The minimum Gasteiger partial charge on any atom is -0.233 e. The third-order valence-electron chi connectivity index (χ3n) is 3.87. The molecule has 0 aliphatic heterocycles. The second kappa shape index (κ2) is 4.44. The summed E-state index contributed by atoms with van der Waals surface area (Å²) in [6.45, 7) is 10.4.